The Labute approximate surface area is 92.7 Å². The van der Waals surface area contributed by atoms with Crippen LogP contribution in [-0.2, 0) is 45.0 Å². The van der Waals surface area contributed by atoms with Gasteiger partial charge in [0.15, 0.2) is 0 Å². The van der Waals surface area contributed by atoms with Crippen LogP contribution in [0.2, 0.25) is 0 Å². The van der Waals surface area contributed by atoms with Gasteiger partial charge in [-0.15, -0.1) is 0 Å². The van der Waals surface area contributed by atoms with Crippen molar-refractivity contribution in [3.05, 3.63) is 29.8 Å². The van der Waals surface area contributed by atoms with Crippen LogP contribution >= 0.6 is 0 Å². The molecular formula is C7H4F3SZr-. The van der Waals surface area contributed by atoms with Crippen molar-refractivity contribution in [2.45, 2.75) is 11.1 Å². The average molecular weight is 268 g/mol. The van der Waals surface area contributed by atoms with Crippen molar-refractivity contribution in [2.24, 2.45) is 0 Å². The quantitative estimate of drug-likeness (QED) is 0.652. The molecule has 0 atom stereocenters. The summed E-state index contributed by atoms with van der Waals surface area (Å²) >= 11 is 4.57. The van der Waals surface area contributed by atoms with Gasteiger partial charge in [-0.2, -0.15) is 18.1 Å². The van der Waals surface area contributed by atoms with E-state index in [9.17, 15) is 13.2 Å². The van der Waals surface area contributed by atoms with Crippen LogP contribution in [-0.4, -0.2) is 0 Å². The molecule has 0 saturated heterocycles. The van der Waals surface area contributed by atoms with E-state index >= 15 is 0 Å². The minimum absolute atomic E-state index is 0. The molecular weight excluding hydrogens is 264 g/mol. The molecule has 0 bridgehead atoms. The Morgan fingerprint density at radius 2 is 1.75 bits per heavy atom. The van der Waals surface area contributed by atoms with E-state index < -0.39 is 11.7 Å². The minimum atomic E-state index is -4.28. The summed E-state index contributed by atoms with van der Waals surface area (Å²) < 4.78 is 35.8. The Hall–Kier alpha value is 0.113. The second kappa shape index (κ2) is 4.38. The van der Waals surface area contributed by atoms with Crippen LogP contribution in [0.1, 0.15) is 5.56 Å². The molecule has 5 heteroatoms. The first-order valence-corrected chi connectivity index (χ1v) is 3.25. The summed E-state index contributed by atoms with van der Waals surface area (Å²) in [7, 11) is 0. The zero-order valence-electron chi connectivity index (χ0n) is 5.85. The van der Waals surface area contributed by atoms with Gasteiger partial charge in [0.1, 0.15) is 0 Å². The van der Waals surface area contributed by atoms with Crippen molar-refractivity contribution in [3.63, 3.8) is 0 Å². The molecule has 0 aliphatic heterocycles. The van der Waals surface area contributed by atoms with Gasteiger partial charge < -0.3 is 12.6 Å². The second-order valence-corrected chi connectivity index (χ2v) is 2.50. The van der Waals surface area contributed by atoms with Crippen molar-refractivity contribution in [1.29, 1.82) is 0 Å². The number of hydrogen-bond acceptors (Lipinski definition) is 1. The van der Waals surface area contributed by atoms with Gasteiger partial charge in [-0.1, -0.05) is 24.3 Å². The Kier molecular flexibility index (Phi) is 4.42. The molecule has 0 heterocycles. The molecule has 12 heavy (non-hydrogen) atoms. The molecule has 0 saturated carbocycles. The van der Waals surface area contributed by atoms with Crippen molar-refractivity contribution in [3.8, 4) is 0 Å². The standard InChI is InChI=1S/C7H5F3S.Zr/c8-7(9,10)5-2-1-3-6(11)4-5;/h1-4,11H;/p-1. The van der Waals surface area contributed by atoms with Crippen molar-refractivity contribution in [1.82, 2.24) is 0 Å². The van der Waals surface area contributed by atoms with Gasteiger partial charge in [-0.25, -0.2) is 0 Å². The van der Waals surface area contributed by atoms with E-state index in [0.717, 1.165) is 12.1 Å². The zero-order chi connectivity index (χ0) is 8.48. The third kappa shape index (κ3) is 3.23. The molecule has 1 rings (SSSR count). The van der Waals surface area contributed by atoms with Crippen LogP contribution in [0.15, 0.2) is 29.2 Å². The van der Waals surface area contributed by atoms with E-state index in [2.05, 4.69) is 12.6 Å². The summed E-state index contributed by atoms with van der Waals surface area (Å²) in [6.07, 6.45) is -4.28. The van der Waals surface area contributed by atoms with Gasteiger partial charge in [0.2, 0.25) is 0 Å². The summed E-state index contributed by atoms with van der Waals surface area (Å²) in [5.41, 5.74) is -0.690. The maximum absolute atomic E-state index is 11.9. The number of alkyl halides is 3. The van der Waals surface area contributed by atoms with Gasteiger partial charge in [0.25, 0.3) is 0 Å². The molecule has 0 spiro atoms. The molecule has 0 aromatic heterocycles. The van der Waals surface area contributed by atoms with Crippen molar-refractivity contribution in [2.75, 3.05) is 0 Å². The molecule has 0 unspecified atom stereocenters. The van der Waals surface area contributed by atoms with E-state index in [0.29, 0.717) is 0 Å². The summed E-state index contributed by atoms with van der Waals surface area (Å²) in [4.78, 5) is 0.208. The third-order valence-corrected chi connectivity index (χ3v) is 1.42. The van der Waals surface area contributed by atoms with Gasteiger partial charge in [-0.3, -0.25) is 0 Å². The molecule has 1 aromatic rings. The molecule has 0 nitrogen and oxygen atoms in total. The SMILES string of the molecule is FC(F)(F)c1cccc([S-])c1.[Zr]. The van der Waals surface area contributed by atoms with E-state index in [4.69, 9.17) is 0 Å². The zero-order valence-corrected chi connectivity index (χ0v) is 9.13. The number of halogens is 3. The molecule has 0 fully saturated rings. The smallest absolute Gasteiger partial charge is 0.416 e. The number of hydrogen-bond donors (Lipinski definition) is 0. The normalized spacial score (nSPS) is 10.6. The topological polar surface area (TPSA) is 0 Å². The maximum Gasteiger partial charge on any atom is 0.416 e. The second-order valence-electron chi connectivity index (χ2n) is 2.03. The van der Waals surface area contributed by atoms with Crippen LogP contribution in [0, 0.1) is 0 Å². The first-order valence-electron chi connectivity index (χ1n) is 2.84. The largest absolute Gasteiger partial charge is 0.780 e. The van der Waals surface area contributed by atoms with E-state index in [1.807, 2.05) is 0 Å². The molecule has 0 aliphatic rings. The first-order chi connectivity index (χ1) is 5.00. The summed E-state index contributed by atoms with van der Waals surface area (Å²) in [5, 5.41) is 0. The molecule has 64 valence electrons. The van der Waals surface area contributed by atoms with Crippen molar-refractivity contribution >= 4 is 12.6 Å². The van der Waals surface area contributed by atoms with Crippen LogP contribution in [0.5, 0.6) is 0 Å². The molecule has 0 N–H and O–H groups in total. The fraction of sp³-hybridized carbons (Fsp3) is 0.143. The van der Waals surface area contributed by atoms with Crippen molar-refractivity contribution < 1.29 is 39.4 Å². The summed E-state index contributed by atoms with van der Waals surface area (Å²) in [6, 6.07) is 4.68. The predicted octanol–water partition coefficient (Wildman–Crippen LogP) is 2.61. The minimum Gasteiger partial charge on any atom is -0.780 e. The number of rotatable bonds is 0. The molecule has 0 aliphatic carbocycles. The molecule has 1 aromatic carbocycles. The van der Waals surface area contributed by atoms with Gasteiger partial charge >= 0.3 is 6.18 Å². The Morgan fingerprint density at radius 1 is 1.17 bits per heavy atom. The number of benzene rings is 1. The first kappa shape index (κ1) is 12.1. The Morgan fingerprint density at radius 3 is 2.08 bits per heavy atom. The molecule has 0 amide bonds. The third-order valence-electron chi connectivity index (χ3n) is 1.16. The Bertz CT molecular complexity index is 259. The monoisotopic (exact) mass is 267 g/mol. The van der Waals surface area contributed by atoms with Gasteiger partial charge in [0, 0.05) is 26.2 Å². The fourth-order valence-corrected chi connectivity index (χ4v) is 0.878. The van der Waals surface area contributed by atoms with Gasteiger partial charge in [-0.05, 0) is 0 Å². The van der Waals surface area contributed by atoms with Crippen LogP contribution in [0.4, 0.5) is 13.2 Å². The predicted molar refractivity (Wildman–Crippen MR) is 37.1 cm³/mol. The van der Waals surface area contributed by atoms with Crippen LogP contribution in [0.25, 0.3) is 0 Å². The van der Waals surface area contributed by atoms with Gasteiger partial charge in [0.05, 0.1) is 5.56 Å². The Balaban J connectivity index is 0.00000121. The van der Waals surface area contributed by atoms with E-state index in [1.165, 1.54) is 12.1 Å². The van der Waals surface area contributed by atoms with E-state index in [1.54, 1.807) is 0 Å². The summed E-state index contributed by atoms with van der Waals surface area (Å²) in [5.74, 6) is 0. The summed E-state index contributed by atoms with van der Waals surface area (Å²) in [6.45, 7) is 0. The van der Waals surface area contributed by atoms with Crippen LogP contribution < -0.4 is 0 Å². The van der Waals surface area contributed by atoms with E-state index in [-0.39, 0.29) is 31.1 Å². The average Bonchev–Trinajstić information content (AvgIpc) is 1.86. The maximum atomic E-state index is 11.9. The van der Waals surface area contributed by atoms with Crippen LogP contribution in [0.3, 0.4) is 0 Å². The fourth-order valence-electron chi connectivity index (χ4n) is 0.672. The molecule has 0 radical (unpaired) electrons.